The topological polar surface area (TPSA) is 26.3 Å². The molecule has 0 aromatic heterocycles. The summed E-state index contributed by atoms with van der Waals surface area (Å²) in [4.78, 5) is 12.4. The monoisotopic (exact) mass is 240 g/mol. The highest BCUT2D eigenvalue weighted by Crippen LogP contribution is 2.45. The van der Waals surface area contributed by atoms with Gasteiger partial charge in [-0.05, 0) is 24.7 Å². The van der Waals surface area contributed by atoms with Gasteiger partial charge in [-0.3, -0.25) is 4.79 Å². The molecule has 0 saturated carbocycles. The SMILES string of the molecule is CC1(C)CC(=O)C(C(C)(C)C)C(C(C)(C)C)O1. The van der Waals surface area contributed by atoms with Crippen molar-refractivity contribution in [3.05, 3.63) is 0 Å². The standard InChI is InChI=1S/C15H28O2/c1-13(2,3)11-10(16)9-15(7,8)17-12(11)14(4,5)6/h11-12H,9H2,1-8H3. The molecule has 0 bridgehead atoms. The van der Waals surface area contributed by atoms with Crippen LogP contribution >= 0.6 is 0 Å². The van der Waals surface area contributed by atoms with Crippen molar-refractivity contribution < 1.29 is 9.53 Å². The van der Waals surface area contributed by atoms with Crippen LogP contribution in [0.15, 0.2) is 0 Å². The van der Waals surface area contributed by atoms with Crippen LogP contribution in [0.4, 0.5) is 0 Å². The number of rotatable bonds is 0. The van der Waals surface area contributed by atoms with E-state index in [0.29, 0.717) is 12.2 Å². The molecule has 2 atom stereocenters. The third-order valence-electron chi connectivity index (χ3n) is 3.48. The van der Waals surface area contributed by atoms with Crippen LogP contribution in [0.25, 0.3) is 0 Å². The normalized spacial score (nSPS) is 30.5. The summed E-state index contributed by atoms with van der Waals surface area (Å²) in [5.74, 6) is 0.351. The average molecular weight is 240 g/mol. The first-order valence-electron chi connectivity index (χ1n) is 6.55. The Labute approximate surface area is 106 Å². The van der Waals surface area contributed by atoms with Crippen molar-refractivity contribution in [3.63, 3.8) is 0 Å². The zero-order valence-corrected chi connectivity index (χ0v) is 12.7. The molecule has 0 aromatic carbocycles. The van der Waals surface area contributed by atoms with Gasteiger partial charge in [0.2, 0.25) is 0 Å². The Morgan fingerprint density at radius 1 is 1.06 bits per heavy atom. The van der Waals surface area contributed by atoms with Gasteiger partial charge in [0.15, 0.2) is 0 Å². The van der Waals surface area contributed by atoms with Gasteiger partial charge in [-0.2, -0.15) is 0 Å². The second-order valence-electron chi connectivity index (χ2n) is 8.15. The highest BCUT2D eigenvalue weighted by Gasteiger charge is 2.50. The molecule has 2 unspecified atom stereocenters. The molecule has 1 saturated heterocycles. The van der Waals surface area contributed by atoms with E-state index in [1.165, 1.54) is 0 Å². The van der Waals surface area contributed by atoms with E-state index in [4.69, 9.17) is 4.74 Å². The summed E-state index contributed by atoms with van der Waals surface area (Å²) in [6.45, 7) is 16.9. The van der Waals surface area contributed by atoms with Gasteiger partial charge < -0.3 is 4.74 Å². The maximum absolute atomic E-state index is 12.4. The van der Waals surface area contributed by atoms with Crippen molar-refractivity contribution >= 4 is 5.78 Å². The first kappa shape index (κ1) is 14.7. The van der Waals surface area contributed by atoms with Crippen molar-refractivity contribution in [2.75, 3.05) is 0 Å². The molecule has 2 nitrogen and oxygen atoms in total. The molecule has 0 aliphatic carbocycles. The molecule has 0 radical (unpaired) electrons. The Bertz CT molecular complexity index is 302. The van der Waals surface area contributed by atoms with Crippen LogP contribution in [-0.4, -0.2) is 17.5 Å². The molecule has 1 aliphatic rings. The number of carbonyl (C=O) groups is 1. The molecule has 100 valence electrons. The number of carbonyl (C=O) groups excluding carboxylic acids is 1. The third kappa shape index (κ3) is 3.31. The fraction of sp³-hybridized carbons (Fsp3) is 0.933. The maximum Gasteiger partial charge on any atom is 0.141 e. The second kappa shape index (κ2) is 4.08. The predicted molar refractivity (Wildman–Crippen MR) is 71.0 cm³/mol. The molecule has 1 rings (SSSR count). The highest BCUT2D eigenvalue weighted by molar-refractivity contribution is 5.84. The molecule has 0 spiro atoms. The highest BCUT2D eigenvalue weighted by atomic mass is 16.5. The number of ether oxygens (including phenoxy) is 1. The first-order chi connectivity index (χ1) is 7.34. The fourth-order valence-electron chi connectivity index (χ4n) is 2.77. The lowest BCUT2D eigenvalue weighted by Crippen LogP contribution is -2.55. The summed E-state index contributed by atoms with van der Waals surface area (Å²) in [5, 5.41) is 0. The molecule has 0 aromatic rings. The predicted octanol–water partition coefficient (Wildman–Crippen LogP) is 3.83. The average Bonchev–Trinajstić information content (AvgIpc) is 1.95. The minimum atomic E-state index is -0.323. The van der Waals surface area contributed by atoms with Gasteiger partial charge in [-0.15, -0.1) is 0 Å². The second-order valence-corrected chi connectivity index (χ2v) is 8.15. The minimum absolute atomic E-state index is 0.00116. The largest absolute Gasteiger partial charge is 0.371 e. The van der Waals surface area contributed by atoms with E-state index in [9.17, 15) is 4.79 Å². The smallest absolute Gasteiger partial charge is 0.141 e. The van der Waals surface area contributed by atoms with Crippen molar-refractivity contribution in [3.8, 4) is 0 Å². The van der Waals surface area contributed by atoms with E-state index in [1.54, 1.807) is 0 Å². The van der Waals surface area contributed by atoms with Crippen LogP contribution in [0.5, 0.6) is 0 Å². The van der Waals surface area contributed by atoms with E-state index in [2.05, 4.69) is 41.5 Å². The Hall–Kier alpha value is -0.370. The van der Waals surface area contributed by atoms with Crippen molar-refractivity contribution in [1.82, 2.24) is 0 Å². The Balaban J connectivity index is 3.13. The summed E-state index contributed by atoms with van der Waals surface area (Å²) >= 11 is 0. The molecule has 17 heavy (non-hydrogen) atoms. The molecule has 1 fully saturated rings. The van der Waals surface area contributed by atoms with Crippen LogP contribution in [0.1, 0.15) is 61.8 Å². The molecular formula is C15H28O2. The Kier molecular flexibility index (Phi) is 3.53. The van der Waals surface area contributed by atoms with Crippen molar-refractivity contribution in [2.45, 2.75) is 73.5 Å². The van der Waals surface area contributed by atoms with Crippen LogP contribution in [0.2, 0.25) is 0 Å². The quantitative estimate of drug-likeness (QED) is 0.643. The van der Waals surface area contributed by atoms with Crippen LogP contribution < -0.4 is 0 Å². The van der Waals surface area contributed by atoms with Gasteiger partial charge in [-0.1, -0.05) is 41.5 Å². The van der Waals surface area contributed by atoms with E-state index in [-0.39, 0.29) is 28.5 Å². The van der Waals surface area contributed by atoms with E-state index < -0.39 is 0 Å². The van der Waals surface area contributed by atoms with Gasteiger partial charge >= 0.3 is 0 Å². The third-order valence-corrected chi connectivity index (χ3v) is 3.48. The van der Waals surface area contributed by atoms with Gasteiger partial charge in [0.1, 0.15) is 5.78 Å². The first-order valence-corrected chi connectivity index (χ1v) is 6.55. The minimum Gasteiger partial charge on any atom is -0.371 e. The van der Waals surface area contributed by atoms with Gasteiger partial charge in [0, 0.05) is 12.3 Å². The van der Waals surface area contributed by atoms with Crippen LogP contribution in [0, 0.1) is 16.7 Å². The number of hydrogen-bond acceptors (Lipinski definition) is 2. The molecule has 1 aliphatic heterocycles. The molecule has 2 heteroatoms. The lowest BCUT2D eigenvalue weighted by molar-refractivity contribution is -0.193. The zero-order valence-electron chi connectivity index (χ0n) is 12.7. The van der Waals surface area contributed by atoms with Crippen LogP contribution in [-0.2, 0) is 9.53 Å². The molecular weight excluding hydrogens is 212 g/mol. The Morgan fingerprint density at radius 3 is 1.88 bits per heavy atom. The van der Waals surface area contributed by atoms with E-state index in [1.807, 2.05) is 13.8 Å². The number of hydrogen-bond donors (Lipinski definition) is 0. The number of Topliss-reactive ketones (excluding diaryl/α,β-unsaturated/α-hetero) is 1. The summed E-state index contributed by atoms with van der Waals surface area (Å²) in [6.07, 6.45) is 0.528. The van der Waals surface area contributed by atoms with Crippen molar-refractivity contribution in [1.29, 1.82) is 0 Å². The Morgan fingerprint density at radius 2 is 1.53 bits per heavy atom. The van der Waals surface area contributed by atoms with Gasteiger partial charge in [0.25, 0.3) is 0 Å². The van der Waals surface area contributed by atoms with Gasteiger partial charge in [0.05, 0.1) is 11.7 Å². The molecule has 0 N–H and O–H groups in total. The zero-order chi connectivity index (χ0) is 13.6. The summed E-state index contributed by atoms with van der Waals surface area (Å²) in [6, 6.07) is 0. The summed E-state index contributed by atoms with van der Waals surface area (Å²) < 4.78 is 6.23. The summed E-state index contributed by atoms with van der Waals surface area (Å²) in [7, 11) is 0. The maximum atomic E-state index is 12.4. The van der Waals surface area contributed by atoms with Gasteiger partial charge in [-0.25, -0.2) is 0 Å². The fourth-order valence-corrected chi connectivity index (χ4v) is 2.77. The van der Waals surface area contributed by atoms with Crippen LogP contribution in [0.3, 0.4) is 0 Å². The van der Waals surface area contributed by atoms with E-state index >= 15 is 0 Å². The lowest BCUT2D eigenvalue weighted by Gasteiger charge is -2.50. The van der Waals surface area contributed by atoms with Crippen molar-refractivity contribution in [2.24, 2.45) is 16.7 Å². The molecule has 0 amide bonds. The molecule has 1 heterocycles. The lowest BCUT2D eigenvalue weighted by atomic mass is 9.65. The number of ketones is 1. The summed E-state index contributed by atoms with van der Waals surface area (Å²) in [5.41, 5.74) is -0.367. The van der Waals surface area contributed by atoms with E-state index in [0.717, 1.165) is 0 Å².